The second-order valence-electron chi connectivity index (χ2n) is 3.92. The fraction of sp³-hybridized carbons (Fsp3) is 0.308. The molecule has 1 aliphatic heterocycles. The standard InChI is InChI=1S/C13H14O2/c1-9-8-12(10(2)13(14)15-9)11-6-4-3-5-7-11/h3-8,10,12H,1-2H3/t10-,12-/m0/s1. The Labute approximate surface area is 89.6 Å². The highest BCUT2D eigenvalue weighted by molar-refractivity contribution is 5.76. The average molecular weight is 202 g/mol. The summed E-state index contributed by atoms with van der Waals surface area (Å²) in [6, 6.07) is 10.1. The van der Waals surface area contributed by atoms with Gasteiger partial charge in [0, 0.05) is 5.92 Å². The largest absolute Gasteiger partial charge is 0.431 e. The van der Waals surface area contributed by atoms with Crippen LogP contribution in [0.15, 0.2) is 42.2 Å². The summed E-state index contributed by atoms with van der Waals surface area (Å²) in [5.74, 6) is 0.611. The summed E-state index contributed by atoms with van der Waals surface area (Å²) < 4.78 is 5.07. The Morgan fingerprint density at radius 3 is 2.53 bits per heavy atom. The molecule has 0 amide bonds. The monoisotopic (exact) mass is 202 g/mol. The van der Waals surface area contributed by atoms with Gasteiger partial charge in [0.05, 0.1) is 5.92 Å². The van der Waals surface area contributed by atoms with Gasteiger partial charge in [-0.3, -0.25) is 4.79 Å². The molecule has 1 heterocycles. The molecule has 0 aliphatic carbocycles. The molecule has 0 saturated heterocycles. The van der Waals surface area contributed by atoms with E-state index in [9.17, 15) is 4.79 Å². The van der Waals surface area contributed by atoms with Crippen LogP contribution >= 0.6 is 0 Å². The third-order valence-corrected chi connectivity index (χ3v) is 2.77. The molecule has 0 aromatic heterocycles. The molecule has 2 atom stereocenters. The van der Waals surface area contributed by atoms with Crippen LogP contribution in [0.2, 0.25) is 0 Å². The van der Waals surface area contributed by atoms with Gasteiger partial charge in [-0.05, 0) is 18.6 Å². The second-order valence-corrected chi connectivity index (χ2v) is 3.92. The molecule has 78 valence electrons. The van der Waals surface area contributed by atoms with Gasteiger partial charge in [-0.1, -0.05) is 37.3 Å². The van der Waals surface area contributed by atoms with E-state index in [0.29, 0.717) is 5.76 Å². The third kappa shape index (κ3) is 1.94. The normalized spacial score (nSPS) is 25.7. The van der Waals surface area contributed by atoms with Gasteiger partial charge in [0.1, 0.15) is 5.76 Å². The molecular weight excluding hydrogens is 188 g/mol. The summed E-state index contributed by atoms with van der Waals surface area (Å²) in [5, 5.41) is 0. The third-order valence-electron chi connectivity index (χ3n) is 2.77. The minimum absolute atomic E-state index is 0.101. The SMILES string of the molecule is CC1=C[C@H](c2ccccc2)[C@H](C)C(=O)O1. The fourth-order valence-corrected chi connectivity index (χ4v) is 1.89. The van der Waals surface area contributed by atoms with E-state index in [1.54, 1.807) is 0 Å². The van der Waals surface area contributed by atoms with E-state index < -0.39 is 0 Å². The van der Waals surface area contributed by atoms with E-state index in [0.717, 1.165) is 0 Å². The lowest BCUT2D eigenvalue weighted by molar-refractivity contribution is -0.145. The van der Waals surface area contributed by atoms with Crippen molar-refractivity contribution in [1.82, 2.24) is 0 Å². The van der Waals surface area contributed by atoms with Crippen LogP contribution in [0.25, 0.3) is 0 Å². The van der Waals surface area contributed by atoms with Crippen molar-refractivity contribution in [3.8, 4) is 0 Å². The highest BCUT2D eigenvalue weighted by Gasteiger charge is 2.29. The van der Waals surface area contributed by atoms with Crippen molar-refractivity contribution in [1.29, 1.82) is 0 Å². The molecule has 2 rings (SSSR count). The van der Waals surface area contributed by atoms with Crippen LogP contribution in [0.3, 0.4) is 0 Å². The van der Waals surface area contributed by atoms with Gasteiger partial charge in [-0.15, -0.1) is 0 Å². The number of carbonyl (C=O) groups is 1. The lowest BCUT2D eigenvalue weighted by Gasteiger charge is -2.25. The summed E-state index contributed by atoms with van der Waals surface area (Å²) in [6.45, 7) is 3.72. The quantitative estimate of drug-likeness (QED) is 0.654. The number of hydrogen-bond acceptors (Lipinski definition) is 2. The molecule has 0 radical (unpaired) electrons. The van der Waals surface area contributed by atoms with Gasteiger partial charge in [0.15, 0.2) is 0 Å². The van der Waals surface area contributed by atoms with Gasteiger partial charge in [0.25, 0.3) is 0 Å². The van der Waals surface area contributed by atoms with E-state index in [1.807, 2.05) is 50.3 Å². The van der Waals surface area contributed by atoms with Crippen LogP contribution in [0, 0.1) is 5.92 Å². The van der Waals surface area contributed by atoms with Crippen molar-refractivity contribution in [3.05, 3.63) is 47.7 Å². The molecule has 0 N–H and O–H groups in total. The maximum Gasteiger partial charge on any atom is 0.314 e. The van der Waals surface area contributed by atoms with Crippen LogP contribution in [-0.2, 0) is 9.53 Å². The van der Waals surface area contributed by atoms with Crippen molar-refractivity contribution in [2.45, 2.75) is 19.8 Å². The molecular formula is C13H14O2. The Morgan fingerprint density at radius 2 is 1.87 bits per heavy atom. The molecule has 1 aromatic rings. The highest BCUT2D eigenvalue weighted by atomic mass is 16.5. The highest BCUT2D eigenvalue weighted by Crippen LogP contribution is 2.32. The first-order valence-electron chi connectivity index (χ1n) is 5.13. The van der Waals surface area contributed by atoms with E-state index >= 15 is 0 Å². The lowest BCUT2D eigenvalue weighted by Crippen LogP contribution is -2.24. The first kappa shape index (κ1) is 9.97. The van der Waals surface area contributed by atoms with E-state index in [1.165, 1.54) is 5.56 Å². The summed E-state index contributed by atoms with van der Waals surface area (Å²) in [7, 11) is 0. The summed E-state index contributed by atoms with van der Waals surface area (Å²) in [5.41, 5.74) is 1.17. The Bertz CT molecular complexity index is 392. The van der Waals surface area contributed by atoms with Gasteiger partial charge in [-0.25, -0.2) is 0 Å². The topological polar surface area (TPSA) is 26.3 Å². The van der Waals surface area contributed by atoms with Gasteiger partial charge >= 0.3 is 5.97 Å². The minimum atomic E-state index is -0.135. The van der Waals surface area contributed by atoms with Crippen LogP contribution in [-0.4, -0.2) is 5.97 Å². The molecule has 0 spiro atoms. The molecule has 0 bridgehead atoms. The summed E-state index contributed by atoms with van der Waals surface area (Å²) >= 11 is 0. The van der Waals surface area contributed by atoms with Crippen LogP contribution in [0.4, 0.5) is 0 Å². The molecule has 1 aliphatic rings. The van der Waals surface area contributed by atoms with Crippen molar-refractivity contribution < 1.29 is 9.53 Å². The second kappa shape index (κ2) is 3.89. The molecule has 2 nitrogen and oxygen atoms in total. The first-order chi connectivity index (χ1) is 7.18. The fourth-order valence-electron chi connectivity index (χ4n) is 1.89. The number of esters is 1. The smallest absolute Gasteiger partial charge is 0.314 e. The molecule has 0 saturated carbocycles. The number of carbonyl (C=O) groups excluding carboxylic acids is 1. The minimum Gasteiger partial charge on any atom is -0.431 e. The molecule has 15 heavy (non-hydrogen) atoms. The van der Waals surface area contributed by atoms with Crippen LogP contribution in [0.1, 0.15) is 25.3 Å². The van der Waals surface area contributed by atoms with Gasteiger partial charge in [0.2, 0.25) is 0 Å². The van der Waals surface area contributed by atoms with Crippen molar-refractivity contribution in [2.24, 2.45) is 5.92 Å². The molecule has 0 fully saturated rings. The molecule has 1 aromatic carbocycles. The Kier molecular flexibility index (Phi) is 2.58. The van der Waals surface area contributed by atoms with E-state index in [-0.39, 0.29) is 17.8 Å². The maximum absolute atomic E-state index is 11.5. The predicted octanol–water partition coefficient (Wildman–Crippen LogP) is 2.87. The zero-order chi connectivity index (χ0) is 10.8. The van der Waals surface area contributed by atoms with Gasteiger partial charge < -0.3 is 4.74 Å². The first-order valence-corrected chi connectivity index (χ1v) is 5.13. The zero-order valence-electron chi connectivity index (χ0n) is 8.94. The van der Waals surface area contributed by atoms with Crippen molar-refractivity contribution >= 4 is 5.97 Å². The molecule has 2 heteroatoms. The Balaban J connectivity index is 2.36. The Morgan fingerprint density at radius 1 is 1.20 bits per heavy atom. The van der Waals surface area contributed by atoms with E-state index in [2.05, 4.69) is 0 Å². The zero-order valence-corrected chi connectivity index (χ0v) is 8.94. The number of hydrogen-bond donors (Lipinski definition) is 0. The Hall–Kier alpha value is -1.57. The van der Waals surface area contributed by atoms with E-state index in [4.69, 9.17) is 4.74 Å². The predicted molar refractivity (Wildman–Crippen MR) is 58.2 cm³/mol. The van der Waals surface area contributed by atoms with Crippen LogP contribution < -0.4 is 0 Å². The number of cyclic esters (lactones) is 1. The summed E-state index contributed by atoms with van der Waals surface area (Å²) in [4.78, 5) is 11.5. The average Bonchev–Trinajstić information content (AvgIpc) is 2.24. The number of benzene rings is 1. The van der Waals surface area contributed by atoms with Crippen LogP contribution in [0.5, 0.6) is 0 Å². The number of rotatable bonds is 1. The van der Waals surface area contributed by atoms with Crippen molar-refractivity contribution in [3.63, 3.8) is 0 Å². The van der Waals surface area contributed by atoms with Gasteiger partial charge in [-0.2, -0.15) is 0 Å². The summed E-state index contributed by atoms with van der Waals surface area (Å²) in [6.07, 6.45) is 2.02. The lowest BCUT2D eigenvalue weighted by atomic mass is 9.85. The molecule has 0 unspecified atom stereocenters. The van der Waals surface area contributed by atoms with Crippen molar-refractivity contribution in [2.75, 3.05) is 0 Å². The maximum atomic E-state index is 11.5. The number of ether oxygens (including phenoxy) is 1. The number of allylic oxidation sites excluding steroid dienone is 2.